The first-order valence-corrected chi connectivity index (χ1v) is 14.5. The lowest BCUT2D eigenvalue weighted by Gasteiger charge is -2.37. The number of hydrogen-bond acceptors (Lipinski definition) is 3. The molecule has 0 aromatic carbocycles. The fraction of sp³-hybridized carbons (Fsp3) is 0.800. The predicted molar refractivity (Wildman–Crippen MR) is 142 cm³/mol. The molecule has 0 bridgehead atoms. The summed E-state index contributed by atoms with van der Waals surface area (Å²) in [7, 11) is 0. The molecule has 0 aromatic heterocycles. The van der Waals surface area contributed by atoms with Gasteiger partial charge in [-0.15, -0.1) is 46.4 Å². The molecule has 0 N–H and O–H groups in total. The van der Waals surface area contributed by atoms with E-state index in [1.54, 1.807) is 0 Å². The quantitative estimate of drug-likeness (QED) is 0.337. The molecule has 2 saturated carbocycles. The van der Waals surface area contributed by atoms with Crippen LogP contribution < -0.4 is 0 Å². The normalized spacial score (nSPS) is 39.0. The SMILES string of the molecule is CCN1C(=CC=CC2=[N+](CC)C3CC(Cl)C(Cl)CC3N2CC)N(CC)C2CC(Cl)C(Cl)CC21. The molecule has 0 aromatic rings. The van der Waals surface area contributed by atoms with Crippen molar-refractivity contribution in [1.82, 2.24) is 14.7 Å². The highest BCUT2D eigenvalue weighted by Gasteiger charge is 2.51. The Hall–Kier alpha value is -0.290. The van der Waals surface area contributed by atoms with Crippen molar-refractivity contribution in [3.8, 4) is 0 Å². The minimum Gasteiger partial charge on any atom is -0.353 e. The zero-order valence-corrected chi connectivity index (χ0v) is 23.3. The van der Waals surface area contributed by atoms with Crippen LogP contribution in [-0.2, 0) is 0 Å². The van der Waals surface area contributed by atoms with Crippen molar-refractivity contribution >= 4 is 52.2 Å². The van der Waals surface area contributed by atoms with Gasteiger partial charge in [0.2, 0.25) is 0 Å². The van der Waals surface area contributed by atoms with Gasteiger partial charge in [0.15, 0.2) is 0 Å². The van der Waals surface area contributed by atoms with Gasteiger partial charge in [-0.25, -0.2) is 0 Å². The topological polar surface area (TPSA) is 12.7 Å². The van der Waals surface area contributed by atoms with Crippen molar-refractivity contribution in [3.05, 3.63) is 24.0 Å². The Morgan fingerprint density at radius 1 is 0.727 bits per heavy atom. The number of amidine groups is 1. The average Bonchev–Trinajstić information content (AvgIpc) is 3.24. The molecule has 4 aliphatic rings. The number of hydrogen-bond donors (Lipinski definition) is 0. The van der Waals surface area contributed by atoms with Crippen LogP contribution in [0.3, 0.4) is 0 Å². The third-order valence-electron chi connectivity index (χ3n) is 8.17. The largest absolute Gasteiger partial charge is 0.353 e. The highest BCUT2D eigenvalue weighted by atomic mass is 35.5. The highest BCUT2D eigenvalue weighted by Crippen LogP contribution is 2.41. The summed E-state index contributed by atoms with van der Waals surface area (Å²) in [6, 6.07) is 1.76. The molecule has 8 atom stereocenters. The molecule has 0 radical (unpaired) electrons. The maximum atomic E-state index is 6.59. The lowest BCUT2D eigenvalue weighted by Crippen LogP contribution is -2.48. The fourth-order valence-corrected chi connectivity index (χ4v) is 7.82. The standard InChI is InChI=1S/C25H39Cl4N4/c1-5-30-20-12-16(26)17(27)13-21(20)31(6-2)24(30)10-9-11-25-32(7-3)22-14-18(28)19(29)15-23(22)33(25)8-4/h9-11,16-23H,5-8,12-15H2,1-4H3/q+1. The number of likely N-dealkylation sites (N-methyl/N-ethyl adjacent to an activating group) is 4. The Labute approximate surface area is 220 Å². The van der Waals surface area contributed by atoms with Crippen molar-refractivity contribution in [2.24, 2.45) is 0 Å². The highest BCUT2D eigenvalue weighted by molar-refractivity contribution is 6.30. The monoisotopic (exact) mass is 535 g/mol. The van der Waals surface area contributed by atoms with Crippen LogP contribution in [0.1, 0.15) is 53.4 Å². The molecular formula is C25H39Cl4N4+. The van der Waals surface area contributed by atoms with Crippen molar-refractivity contribution < 1.29 is 4.58 Å². The number of halogens is 4. The average molecular weight is 537 g/mol. The third kappa shape index (κ3) is 4.63. The molecule has 8 heteroatoms. The summed E-state index contributed by atoms with van der Waals surface area (Å²) < 4.78 is 2.53. The second-order valence-electron chi connectivity index (χ2n) is 9.66. The van der Waals surface area contributed by atoms with Crippen molar-refractivity contribution in [1.29, 1.82) is 0 Å². The zero-order chi connectivity index (χ0) is 23.9. The minimum absolute atomic E-state index is 0.0423. The van der Waals surface area contributed by atoms with Crippen LogP contribution in [-0.4, -0.2) is 97.0 Å². The minimum atomic E-state index is 0.0423. The molecule has 0 spiro atoms. The molecule has 4 rings (SSSR count). The summed E-state index contributed by atoms with van der Waals surface area (Å²) in [6.07, 6.45) is 10.6. The Balaban J connectivity index is 1.62. The van der Waals surface area contributed by atoms with Gasteiger partial charge >= 0.3 is 0 Å². The third-order valence-corrected chi connectivity index (χ3v) is 10.4. The van der Waals surface area contributed by atoms with Crippen LogP contribution in [0.2, 0.25) is 0 Å². The van der Waals surface area contributed by atoms with Crippen LogP contribution in [0.25, 0.3) is 0 Å². The van der Waals surface area contributed by atoms with Crippen molar-refractivity contribution in [2.75, 3.05) is 26.2 Å². The summed E-state index contributed by atoms with van der Waals surface area (Å²) in [5.41, 5.74) is 0. The smallest absolute Gasteiger partial charge is 0.272 e. The van der Waals surface area contributed by atoms with Crippen LogP contribution in [0.5, 0.6) is 0 Å². The van der Waals surface area contributed by atoms with Crippen LogP contribution in [0, 0.1) is 0 Å². The molecule has 2 aliphatic heterocycles. The number of alkyl halides is 4. The lowest BCUT2D eigenvalue weighted by molar-refractivity contribution is -0.558. The molecule has 2 aliphatic carbocycles. The van der Waals surface area contributed by atoms with E-state index in [-0.39, 0.29) is 21.5 Å². The second-order valence-corrected chi connectivity index (χ2v) is 11.9. The van der Waals surface area contributed by atoms with Crippen LogP contribution in [0.4, 0.5) is 0 Å². The van der Waals surface area contributed by atoms with Gasteiger partial charge in [0, 0.05) is 32.0 Å². The number of fused-ring (bicyclic) bond motifs is 2. The number of rotatable bonds is 6. The van der Waals surface area contributed by atoms with E-state index in [4.69, 9.17) is 46.4 Å². The Kier molecular flexibility index (Phi) is 8.41. The first-order chi connectivity index (χ1) is 15.9. The van der Waals surface area contributed by atoms with Gasteiger partial charge < -0.3 is 9.80 Å². The molecular weight excluding hydrogens is 498 g/mol. The van der Waals surface area contributed by atoms with E-state index in [1.807, 2.05) is 0 Å². The van der Waals surface area contributed by atoms with Gasteiger partial charge in [-0.1, -0.05) is 6.08 Å². The number of allylic oxidation sites excluding steroid dienone is 2. The summed E-state index contributed by atoms with van der Waals surface area (Å²) in [6.45, 7) is 12.9. The fourth-order valence-electron chi connectivity index (χ4n) is 6.68. The van der Waals surface area contributed by atoms with Crippen LogP contribution >= 0.6 is 46.4 Å². The Bertz CT molecular complexity index is 773. The van der Waals surface area contributed by atoms with E-state index < -0.39 is 0 Å². The maximum Gasteiger partial charge on any atom is 0.272 e. The molecule has 4 nitrogen and oxygen atoms in total. The first kappa shape index (κ1) is 25.8. The summed E-state index contributed by atoms with van der Waals surface area (Å²) in [5, 5.41) is 0.169. The molecule has 1 saturated heterocycles. The van der Waals surface area contributed by atoms with E-state index >= 15 is 0 Å². The van der Waals surface area contributed by atoms with Gasteiger partial charge in [0.1, 0.15) is 17.9 Å². The number of nitrogens with zero attached hydrogens (tertiary/aromatic N) is 4. The molecule has 8 unspecified atom stereocenters. The second kappa shape index (κ2) is 10.8. The summed E-state index contributed by atoms with van der Waals surface area (Å²) >= 11 is 26.3. The van der Waals surface area contributed by atoms with Gasteiger partial charge in [-0.3, -0.25) is 9.48 Å². The summed E-state index contributed by atoms with van der Waals surface area (Å²) in [4.78, 5) is 7.59. The molecule has 2 heterocycles. The Morgan fingerprint density at radius 3 is 1.70 bits per heavy atom. The zero-order valence-electron chi connectivity index (χ0n) is 20.3. The summed E-state index contributed by atoms with van der Waals surface area (Å²) in [5.74, 6) is 2.59. The van der Waals surface area contributed by atoms with E-state index in [0.717, 1.165) is 51.9 Å². The molecule has 0 amide bonds. The Morgan fingerprint density at radius 2 is 1.21 bits per heavy atom. The van der Waals surface area contributed by atoms with E-state index in [9.17, 15) is 0 Å². The predicted octanol–water partition coefficient (Wildman–Crippen LogP) is 5.30. The lowest BCUT2D eigenvalue weighted by atomic mass is 9.89. The van der Waals surface area contributed by atoms with Crippen LogP contribution in [0.15, 0.2) is 24.0 Å². The maximum absolute atomic E-state index is 6.59. The van der Waals surface area contributed by atoms with Crippen molar-refractivity contribution in [3.63, 3.8) is 0 Å². The van der Waals surface area contributed by atoms with Gasteiger partial charge in [-0.05, 0) is 46.6 Å². The first-order valence-electron chi connectivity index (χ1n) is 12.7. The van der Waals surface area contributed by atoms with Gasteiger partial charge in [-0.2, -0.15) is 0 Å². The molecule has 3 fully saturated rings. The van der Waals surface area contributed by atoms with E-state index in [0.29, 0.717) is 24.2 Å². The van der Waals surface area contributed by atoms with E-state index in [1.165, 1.54) is 11.7 Å². The van der Waals surface area contributed by atoms with E-state index in [2.05, 4.69) is 65.2 Å². The molecule has 186 valence electrons. The van der Waals surface area contributed by atoms with Gasteiger partial charge in [0.05, 0.1) is 46.7 Å². The van der Waals surface area contributed by atoms with Gasteiger partial charge in [0.25, 0.3) is 5.84 Å². The molecule has 33 heavy (non-hydrogen) atoms. The van der Waals surface area contributed by atoms with Crippen molar-refractivity contribution in [2.45, 2.75) is 99.1 Å².